The lowest BCUT2D eigenvalue weighted by atomic mass is 9.92. The molecule has 2 amide bonds. The number of rotatable bonds is 5. The van der Waals surface area contributed by atoms with Crippen LogP contribution in [0.2, 0.25) is 0 Å². The van der Waals surface area contributed by atoms with E-state index in [1.807, 2.05) is 50.2 Å². The first-order valence-electron chi connectivity index (χ1n) is 10.8. The van der Waals surface area contributed by atoms with E-state index in [-0.39, 0.29) is 0 Å². The summed E-state index contributed by atoms with van der Waals surface area (Å²) in [5, 5.41) is 9.09. The molecule has 0 aliphatic rings. The summed E-state index contributed by atoms with van der Waals surface area (Å²) in [5.74, 6) is 0.762. The molecule has 174 valence electrons. The van der Waals surface area contributed by atoms with Gasteiger partial charge in [-0.3, -0.25) is 0 Å². The van der Waals surface area contributed by atoms with E-state index in [1.54, 1.807) is 12.1 Å². The summed E-state index contributed by atoms with van der Waals surface area (Å²) in [6, 6.07) is 19.5. The molecule has 0 atom stereocenters. The van der Waals surface area contributed by atoms with E-state index in [4.69, 9.17) is 9.47 Å². The van der Waals surface area contributed by atoms with Crippen molar-refractivity contribution >= 4 is 78.9 Å². The molecule has 0 aromatic heterocycles. The van der Waals surface area contributed by atoms with Gasteiger partial charge in [0, 0.05) is 31.4 Å². The van der Waals surface area contributed by atoms with Gasteiger partial charge in [-0.2, -0.15) is 0 Å². The van der Waals surface area contributed by atoms with Gasteiger partial charge in [0.25, 0.3) is 0 Å². The molecule has 4 aromatic rings. The molecular weight excluding hydrogens is 658 g/mol. The Morgan fingerprint density at radius 1 is 0.676 bits per heavy atom. The van der Waals surface area contributed by atoms with Gasteiger partial charge >= 0.3 is 12.2 Å². The van der Waals surface area contributed by atoms with Crippen molar-refractivity contribution in [1.82, 2.24) is 10.6 Å². The van der Waals surface area contributed by atoms with Crippen LogP contribution in [0.5, 0.6) is 11.5 Å². The molecule has 34 heavy (non-hydrogen) atoms. The highest BCUT2D eigenvalue weighted by molar-refractivity contribution is 14.1. The minimum atomic E-state index is -0.547. The first kappa shape index (κ1) is 24.5. The standard InChI is InChI=1S/C26H22I2N2O4/c1-3-29-25(31)33-21-11-5-15-13-17(27)7-9-19(15)23(21)24-20-10-8-18(28)14-16(20)6-12-22(24)34-26(32)30-4-2/h5-14H,3-4H2,1-2H3,(H,29,31)(H,30,32). The Labute approximate surface area is 224 Å². The summed E-state index contributed by atoms with van der Waals surface area (Å²) >= 11 is 4.54. The summed E-state index contributed by atoms with van der Waals surface area (Å²) < 4.78 is 13.7. The second-order valence-corrected chi connectivity index (χ2v) is 9.94. The number of carbonyl (C=O) groups excluding carboxylic acids is 2. The van der Waals surface area contributed by atoms with Crippen LogP contribution < -0.4 is 20.1 Å². The lowest BCUT2D eigenvalue weighted by Crippen LogP contribution is -2.27. The van der Waals surface area contributed by atoms with Crippen LogP contribution in [0.15, 0.2) is 60.7 Å². The number of halogens is 2. The van der Waals surface area contributed by atoms with Crippen molar-refractivity contribution in [3.63, 3.8) is 0 Å². The predicted molar refractivity (Wildman–Crippen MR) is 152 cm³/mol. The Morgan fingerprint density at radius 2 is 1.09 bits per heavy atom. The number of amides is 2. The smallest absolute Gasteiger partial charge is 0.410 e. The van der Waals surface area contributed by atoms with Gasteiger partial charge in [0.15, 0.2) is 0 Å². The molecule has 0 radical (unpaired) electrons. The number of hydrogen-bond donors (Lipinski definition) is 2. The number of benzene rings is 4. The maximum Gasteiger partial charge on any atom is 0.412 e. The van der Waals surface area contributed by atoms with Crippen molar-refractivity contribution in [2.45, 2.75) is 13.8 Å². The quantitative estimate of drug-likeness (QED) is 0.221. The molecule has 0 unspecified atom stereocenters. The van der Waals surface area contributed by atoms with Crippen molar-refractivity contribution in [1.29, 1.82) is 0 Å². The molecule has 0 saturated heterocycles. The number of nitrogens with one attached hydrogen (secondary N) is 2. The molecule has 0 heterocycles. The highest BCUT2D eigenvalue weighted by Crippen LogP contribution is 2.46. The summed E-state index contributed by atoms with van der Waals surface area (Å²) in [7, 11) is 0. The largest absolute Gasteiger partial charge is 0.412 e. The molecule has 6 nitrogen and oxygen atoms in total. The van der Waals surface area contributed by atoms with E-state index in [2.05, 4.69) is 67.9 Å². The van der Waals surface area contributed by atoms with Gasteiger partial charge in [0.1, 0.15) is 11.5 Å². The van der Waals surface area contributed by atoms with Crippen molar-refractivity contribution < 1.29 is 19.1 Å². The molecule has 0 saturated carbocycles. The third-order valence-corrected chi connectivity index (χ3v) is 6.53. The van der Waals surface area contributed by atoms with Crippen LogP contribution in [0.3, 0.4) is 0 Å². The Bertz CT molecular complexity index is 1300. The molecule has 0 aliphatic carbocycles. The summed E-state index contributed by atoms with van der Waals surface area (Å²) in [6.45, 7) is 4.54. The third-order valence-electron chi connectivity index (χ3n) is 5.18. The van der Waals surface area contributed by atoms with E-state index in [9.17, 15) is 9.59 Å². The maximum atomic E-state index is 12.4. The zero-order valence-corrected chi connectivity index (χ0v) is 22.9. The molecule has 0 bridgehead atoms. The first-order valence-corrected chi connectivity index (χ1v) is 12.9. The van der Waals surface area contributed by atoms with Gasteiger partial charge in [-0.25, -0.2) is 9.59 Å². The third kappa shape index (κ3) is 5.22. The minimum Gasteiger partial charge on any atom is -0.410 e. The summed E-state index contributed by atoms with van der Waals surface area (Å²) in [5.41, 5.74) is 1.37. The number of hydrogen-bond acceptors (Lipinski definition) is 4. The number of ether oxygens (including phenoxy) is 2. The van der Waals surface area contributed by atoms with Crippen LogP contribution in [-0.4, -0.2) is 25.3 Å². The zero-order chi connectivity index (χ0) is 24.2. The van der Waals surface area contributed by atoms with Crippen LogP contribution in [0.25, 0.3) is 32.7 Å². The number of fused-ring (bicyclic) bond motifs is 2. The Balaban J connectivity index is 2.06. The van der Waals surface area contributed by atoms with Crippen molar-refractivity contribution in [2.75, 3.05) is 13.1 Å². The molecule has 0 aliphatic heterocycles. The molecular formula is C26H22I2N2O4. The van der Waals surface area contributed by atoms with Gasteiger partial charge < -0.3 is 20.1 Å². The average molecular weight is 680 g/mol. The fourth-order valence-corrected chi connectivity index (χ4v) is 4.84. The highest BCUT2D eigenvalue weighted by Gasteiger charge is 2.22. The van der Waals surface area contributed by atoms with Crippen LogP contribution in [0.1, 0.15) is 13.8 Å². The Hall–Kier alpha value is -2.60. The lowest BCUT2D eigenvalue weighted by molar-refractivity contribution is 0.199. The summed E-state index contributed by atoms with van der Waals surface area (Å²) in [4.78, 5) is 24.8. The highest BCUT2D eigenvalue weighted by atomic mass is 127. The predicted octanol–water partition coefficient (Wildman–Crippen LogP) is 7.09. The van der Waals surface area contributed by atoms with Gasteiger partial charge in [-0.15, -0.1) is 0 Å². The second kappa shape index (κ2) is 10.8. The van der Waals surface area contributed by atoms with E-state index in [0.29, 0.717) is 35.7 Å². The van der Waals surface area contributed by atoms with Crippen LogP contribution in [-0.2, 0) is 0 Å². The monoisotopic (exact) mass is 680 g/mol. The Morgan fingerprint density at radius 3 is 1.47 bits per heavy atom. The zero-order valence-electron chi connectivity index (χ0n) is 18.6. The van der Waals surface area contributed by atoms with E-state index in [1.165, 1.54) is 0 Å². The fraction of sp³-hybridized carbons (Fsp3) is 0.154. The van der Waals surface area contributed by atoms with Gasteiger partial charge in [0.05, 0.1) is 0 Å². The minimum absolute atomic E-state index is 0.381. The van der Waals surface area contributed by atoms with Gasteiger partial charge in [-0.05, 0) is 117 Å². The Kier molecular flexibility index (Phi) is 7.77. The second-order valence-electron chi connectivity index (χ2n) is 7.45. The normalized spacial score (nSPS) is 10.8. The molecule has 4 aromatic carbocycles. The number of carbonyl (C=O) groups is 2. The van der Waals surface area contributed by atoms with Gasteiger partial charge in [-0.1, -0.05) is 24.3 Å². The van der Waals surface area contributed by atoms with E-state index >= 15 is 0 Å². The van der Waals surface area contributed by atoms with Crippen LogP contribution in [0.4, 0.5) is 9.59 Å². The van der Waals surface area contributed by atoms with Crippen LogP contribution >= 0.6 is 45.2 Å². The van der Waals surface area contributed by atoms with E-state index in [0.717, 1.165) is 28.7 Å². The molecule has 0 fully saturated rings. The van der Waals surface area contributed by atoms with Crippen molar-refractivity contribution in [3.05, 3.63) is 67.8 Å². The molecule has 8 heteroatoms. The maximum absolute atomic E-state index is 12.4. The van der Waals surface area contributed by atoms with E-state index < -0.39 is 12.2 Å². The van der Waals surface area contributed by atoms with Crippen molar-refractivity contribution in [3.8, 4) is 22.6 Å². The average Bonchev–Trinajstić information content (AvgIpc) is 2.79. The molecule has 2 N–H and O–H groups in total. The fourth-order valence-electron chi connectivity index (χ4n) is 3.81. The topological polar surface area (TPSA) is 76.7 Å². The molecule has 0 spiro atoms. The molecule has 4 rings (SSSR count). The SMILES string of the molecule is CCNC(=O)Oc1ccc2cc(I)ccc2c1-c1c(OC(=O)NCC)ccc2cc(I)ccc12. The van der Waals surface area contributed by atoms with Gasteiger partial charge in [0.2, 0.25) is 0 Å². The lowest BCUT2D eigenvalue weighted by Gasteiger charge is -2.19. The van der Waals surface area contributed by atoms with Crippen molar-refractivity contribution in [2.24, 2.45) is 0 Å². The first-order chi connectivity index (χ1) is 16.4. The van der Waals surface area contributed by atoms with Crippen LogP contribution in [0, 0.1) is 7.14 Å². The summed E-state index contributed by atoms with van der Waals surface area (Å²) in [6.07, 6.45) is -1.09.